The molecule has 0 saturated heterocycles. The summed E-state index contributed by atoms with van der Waals surface area (Å²) in [5.74, 6) is -0.153. The van der Waals surface area contributed by atoms with Gasteiger partial charge in [0.1, 0.15) is 0 Å². The SMILES string of the molecule is CC(C)OB(O)OC(C)C.Oc1ccccc1O.[NaH]. The van der Waals surface area contributed by atoms with Crippen molar-refractivity contribution >= 4 is 36.9 Å². The van der Waals surface area contributed by atoms with Gasteiger partial charge in [0.2, 0.25) is 0 Å². The normalized spacial score (nSPS) is 9.63. The third-order valence-electron chi connectivity index (χ3n) is 1.66. The monoisotopic (exact) mass is 280 g/mol. The van der Waals surface area contributed by atoms with Crippen LogP contribution in [0.4, 0.5) is 0 Å². The fourth-order valence-corrected chi connectivity index (χ4v) is 0.962. The summed E-state index contributed by atoms with van der Waals surface area (Å²) >= 11 is 0. The third-order valence-corrected chi connectivity index (χ3v) is 1.66. The second kappa shape index (κ2) is 11.6. The van der Waals surface area contributed by atoms with E-state index in [1.54, 1.807) is 12.1 Å². The second-order valence-corrected chi connectivity index (χ2v) is 4.17. The van der Waals surface area contributed by atoms with Gasteiger partial charge in [-0.05, 0) is 39.8 Å². The second-order valence-electron chi connectivity index (χ2n) is 4.17. The number of phenolic OH excluding ortho intramolecular Hbond substituents is 2. The molecule has 0 amide bonds. The summed E-state index contributed by atoms with van der Waals surface area (Å²) in [6.07, 6.45) is -0.0116. The molecule has 1 aromatic rings. The number of hydrogen-bond donors (Lipinski definition) is 3. The first-order valence-electron chi connectivity index (χ1n) is 5.78. The summed E-state index contributed by atoms with van der Waals surface area (Å²) in [7, 11) is -1.08. The third kappa shape index (κ3) is 12.5. The van der Waals surface area contributed by atoms with Crippen molar-refractivity contribution in [3.05, 3.63) is 24.3 Å². The average molecular weight is 280 g/mol. The van der Waals surface area contributed by atoms with E-state index >= 15 is 0 Å². The maximum atomic E-state index is 8.95. The van der Waals surface area contributed by atoms with Crippen molar-refractivity contribution in [3.8, 4) is 11.5 Å². The quantitative estimate of drug-likeness (QED) is 0.571. The van der Waals surface area contributed by atoms with Crippen molar-refractivity contribution in [2.24, 2.45) is 0 Å². The molecule has 7 heteroatoms. The van der Waals surface area contributed by atoms with Crippen LogP contribution in [0.2, 0.25) is 0 Å². The van der Waals surface area contributed by atoms with E-state index in [0.717, 1.165) is 0 Å². The Morgan fingerprint density at radius 2 is 1.21 bits per heavy atom. The summed E-state index contributed by atoms with van der Waals surface area (Å²) in [4.78, 5) is 0. The summed E-state index contributed by atoms with van der Waals surface area (Å²) in [6, 6.07) is 6.15. The predicted octanol–water partition coefficient (Wildman–Crippen LogP) is 1.26. The molecule has 0 unspecified atom stereocenters. The molecule has 1 aromatic carbocycles. The van der Waals surface area contributed by atoms with Gasteiger partial charge < -0.3 is 24.5 Å². The van der Waals surface area contributed by atoms with Gasteiger partial charge >= 0.3 is 36.9 Å². The number of aromatic hydroxyl groups is 2. The van der Waals surface area contributed by atoms with Gasteiger partial charge in [0.15, 0.2) is 11.5 Å². The van der Waals surface area contributed by atoms with Crippen LogP contribution in [-0.2, 0) is 9.31 Å². The van der Waals surface area contributed by atoms with Crippen molar-refractivity contribution in [1.29, 1.82) is 0 Å². The van der Waals surface area contributed by atoms with Gasteiger partial charge in [-0.25, -0.2) is 0 Å². The van der Waals surface area contributed by atoms with E-state index in [9.17, 15) is 0 Å². The molecule has 0 aliphatic rings. The molecule has 3 N–H and O–H groups in total. The van der Waals surface area contributed by atoms with Crippen LogP contribution < -0.4 is 0 Å². The van der Waals surface area contributed by atoms with Crippen LogP contribution in [0.3, 0.4) is 0 Å². The zero-order valence-electron chi connectivity index (χ0n) is 11.2. The van der Waals surface area contributed by atoms with Crippen LogP contribution in [0, 0.1) is 0 Å². The van der Waals surface area contributed by atoms with E-state index in [0.29, 0.717) is 0 Å². The average Bonchev–Trinajstić information content (AvgIpc) is 2.21. The topological polar surface area (TPSA) is 79.2 Å². The van der Waals surface area contributed by atoms with E-state index in [-0.39, 0.29) is 53.3 Å². The van der Waals surface area contributed by atoms with Gasteiger partial charge in [-0.2, -0.15) is 0 Å². The Hall–Kier alpha value is -0.235. The molecule has 1 rings (SSSR count). The van der Waals surface area contributed by atoms with E-state index < -0.39 is 7.32 Å². The van der Waals surface area contributed by atoms with Gasteiger partial charge in [-0.3, -0.25) is 0 Å². The van der Waals surface area contributed by atoms with Crippen LogP contribution in [0.5, 0.6) is 11.5 Å². The van der Waals surface area contributed by atoms with Crippen molar-refractivity contribution in [2.45, 2.75) is 39.9 Å². The summed E-state index contributed by atoms with van der Waals surface area (Å²) in [5.41, 5.74) is 0. The Bertz CT molecular complexity index is 305. The predicted molar refractivity (Wildman–Crippen MR) is 77.3 cm³/mol. The van der Waals surface area contributed by atoms with Crippen LogP contribution in [0.1, 0.15) is 27.7 Å². The van der Waals surface area contributed by atoms with Gasteiger partial charge in [0, 0.05) is 12.2 Å². The van der Waals surface area contributed by atoms with Crippen molar-refractivity contribution < 1.29 is 24.5 Å². The molecule has 0 atom stereocenters. The van der Waals surface area contributed by atoms with Crippen molar-refractivity contribution in [1.82, 2.24) is 0 Å². The Labute approximate surface area is 137 Å². The van der Waals surface area contributed by atoms with E-state index in [1.807, 2.05) is 27.7 Å². The van der Waals surface area contributed by atoms with Crippen LogP contribution in [0.15, 0.2) is 24.3 Å². The molecule has 0 radical (unpaired) electrons. The van der Waals surface area contributed by atoms with Gasteiger partial charge in [-0.1, -0.05) is 12.1 Å². The number of hydrogen-bond acceptors (Lipinski definition) is 5. The number of phenols is 2. The summed E-state index contributed by atoms with van der Waals surface area (Å²) in [5, 5.41) is 26.3. The molecular weight excluding hydrogens is 258 g/mol. The van der Waals surface area contributed by atoms with E-state index in [1.165, 1.54) is 12.1 Å². The molecule has 104 valence electrons. The molecule has 0 spiro atoms. The minimum absolute atomic E-state index is 0. The Kier molecular flexibility index (Phi) is 12.8. The molecule has 5 nitrogen and oxygen atoms in total. The van der Waals surface area contributed by atoms with Crippen LogP contribution >= 0.6 is 0 Å². The Morgan fingerprint density at radius 3 is 1.42 bits per heavy atom. The molecule has 0 aromatic heterocycles. The van der Waals surface area contributed by atoms with Crippen LogP contribution in [0.25, 0.3) is 0 Å². The maximum absolute atomic E-state index is 8.95. The first kappa shape index (κ1) is 21.1. The molecule has 19 heavy (non-hydrogen) atoms. The van der Waals surface area contributed by atoms with Gasteiger partial charge in [0.05, 0.1) is 0 Å². The van der Waals surface area contributed by atoms with E-state index in [4.69, 9.17) is 24.5 Å². The van der Waals surface area contributed by atoms with Gasteiger partial charge in [-0.15, -0.1) is 0 Å². The van der Waals surface area contributed by atoms with Crippen molar-refractivity contribution in [2.75, 3.05) is 0 Å². The fraction of sp³-hybridized carbons (Fsp3) is 0.500. The zero-order valence-corrected chi connectivity index (χ0v) is 11.2. The van der Waals surface area contributed by atoms with Crippen LogP contribution in [-0.4, -0.2) is 64.3 Å². The molecule has 0 aliphatic carbocycles. The summed E-state index contributed by atoms with van der Waals surface area (Å²) < 4.78 is 9.79. The number of para-hydroxylation sites is 2. The molecule has 0 heterocycles. The minimum atomic E-state index is -1.08. The Balaban J connectivity index is 0. The van der Waals surface area contributed by atoms with E-state index in [2.05, 4.69) is 0 Å². The fourth-order valence-electron chi connectivity index (χ4n) is 0.962. The number of benzene rings is 1. The Morgan fingerprint density at radius 1 is 0.895 bits per heavy atom. The zero-order chi connectivity index (χ0) is 14.1. The molecular formula is C12H22BNaO5. The molecule has 0 fully saturated rings. The standard InChI is InChI=1S/C6H15BO3.C6H6O2.Na.H/c1-5(2)9-7(8)10-6(3)4;7-5-3-1-2-4-6(5)8;;/h5-6,8H,1-4H3;1-4,7-8H;;. The molecule has 0 aliphatic heterocycles. The summed E-state index contributed by atoms with van der Waals surface area (Å²) in [6.45, 7) is 7.36. The first-order valence-corrected chi connectivity index (χ1v) is 5.78. The molecule has 0 saturated carbocycles. The van der Waals surface area contributed by atoms with Gasteiger partial charge in [0.25, 0.3) is 0 Å². The number of rotatable bonds is 4. The molecule has 0 bridgehead atoms. The first-order chi connectivity index (χ1) is 8.32. The van der Waals surface area contributed by atoms with Crippen molar-refractivity contribution in [3.63, 3.8) is 0 Å².